The molecule has 3 N–H and O–H groups in total. The van der Waals surface area contributed by atoms with E-state index in [1.165, 1.54) is 23.1 Å². The van der Waals surface area contributed by atoms with Crippen LogP contribution in [0.15, 0.2) is 18.2 Å². The van der Waals surface area contributed by atoms with Gasteiger partial charge in [-0.15, -0.1) is 0 Å². The summed E-state index contributed by atoms with van der Waals surface area (Å²) < 4.78 is 5.97. The molecule has 0 bridgehead atoms. The zero-order valence-corrected chi connectivity index (χ0v) is 16.9. The van der Waals surface area contributed by atoms with Gasteiger partial charge in [-0.25, -0.2) is 0 Å². The highest BCUT2D eigenvalue weighted by Crippen LogP contribution is 2.40. The van der Waals surface area contributed by atoms with Gasteiger partial charge >= 0.3 is 0 Å². The molecule has 1 fully saturated rings. The number of fused-ring (bicyclic) bond motifs is 1. The number of hydrogen-bond donors (Lipinski definition) is 2. The highest BCUT2D eigenvalue weighted by atomic mass is 16.5. The molecule has 0 radical (unpaired) electrons. The summed E-state index contributed by atoms with van der Waals surface area (Å²) in [6.45, 7) is 8.68. The van der Waals surface area contributed by atoms with Crippen molar-refractivity contribution in [2.75, 3.05) is 19.8 Å². The monoisotopic (exact) mass is 359 g/mol. The Hall–Kier alpha value is -0.900. The third kappa shape index (κ3) is 5.09. The molecular formula is C23H37NO2. The second-order valence-electron chi connectivity index (χ2n) is 9.98. The Labute approximate surface area is 159 Å². The molecule has 0 spiro atoms. The van der Waals surface area contributed by atoms with E-state index < -0.39 is 0 Å². The maximum absolute atomic E-state index is 9.51. The Bertz CT molecular complexity index is 607. The van der Waals surface area contributed by atoms with Crippen LogP contribution in [0.25, 0.3) is 0 Å². The van der Waals surface area contributed by atoms with Crippen LogP contribution in [-0.2, 0) is 17.6 Å². The lowest BCUT2D eigenvalue weighted by Crippen LogP contribution is -2.40. The molecule has 1 aromatic rings. The number of aryl methyl sites for hydroxylation is 1. The van der Waals surface area contributed by atoms with Gasteiger partial charge in [0.1, 0.15) is 0 Å². The summed E-state index contributed by atoms with van der Waals surface area (Å²) in [6, 6.07) is 7.05. The summed E-state index contributed by atoms with van der Waals surface area (Å²) in [5, 5.41) is 9.51. The highest BCUT2D eigenvalue weighted by Gasteiger charge is 2.36. The van der Waals surface area contributed by atoms with Crippen molar-refractivity contribution in [1.82, 2.24) is 0 Å². The average Bonchev–Trinajstić information content (AvgIpc) is 3.00. The number of nitrogens with two attached hydrogens (primary N) is 1. The van der Waals surface area contributed by atoms with Gasteiger partial charge in [-0.05, 0) is 78.9 Å². The first kappa shape index (κ1) is 19.9. The minimum atomic E-state index is -0.365. The van der Waals surface area contributed by atoms with Crippen LogP contribution in [0.3, 0.4) is 0 Å². The van der Waals surface area contributed by atoms with E-state index in [1.807, 2.05) is 0 Å². The second-order valence-corrected chi connectivity index (χ2v) is 9.98. The van der Waals surface area contributed by atoms with E-state index in [-0.39, 0.29) is 12.1 Å². The maximum Gasteiger partial charge on any atom is 0.0611 e. The van der Waals surface area contributed by atoms with Gasteiger partial charge < -0.3 is 15.6 Å². The van der Waals surface area contributed by atoms with Crippen LogP contribution in [0.1, 0.15) is 75.5 Å². The third-order valence-electron chi connectivity index (χ3n) is 6.34. The van der Waals surface area contributed by atoms with E-state index >= 15 is 0 Å². The molecule has 3 atom stereocenters. The lowest BCUT2D eigenvalue weighted by Gasteiger charge is -2.27. The van der Waals surface area contributed by atoms with Crippen molar-refractivity contribution >= 4 is 0 Å². The molecule has 26 heavy (non-hydrogen) atoms. The highest BCUT2D eigenvalue weighted by molar-refractivity contribution is 5.36. The van der Waals surface area contributed by atoms with Crippen molar-refractivity contribution in [2.24, 2.45) is 17.1 Å². The molecule has 1 aromatic carbocycles. The van der Waals surface area contributed by atoms with Gasteiger partial charge in [-0.3, -0.25) is 0 Å². The van der Waals surface area contributed by atoms with Gasteiger partial charge in [0.05, 0.1) is 6.61 Å². The minimum Gasteiger partial charge on any atom is -0.394 e. The van der Waals surface area contributed by atoms with Gasteiger partial charge in [0, 0.05) is 18.8 Å². The van der Waals surface area contributed by atoms with Crippen molar-refractivity contribution in [2.45, 2.75) is 77.2 Å². The minimum absolute atomic E-state index is 0.103. The van der Waals surface area contributed by atoms with Crippen LogP contribution in [0.5, 0.6) is 0 Å². The van der Waals surface area contributed by atoms with Gasteiger partial charge in [0.15, 0.2) is 0 Å². The fourth-order valence-corrected chi connectivity index (χ4v) is 4.46. The Morgan fingerprint density at radius 1 is 1.23 bits per heavy atom. The lowest BCUT2D eigenvalue weighted by atomic mass is 9.82. The van der Waals surface area contributed by atoms with E-state index in [4.69, 9.17) is 10.5 Å². The molecule has 0 unspecified atom stereocenters. The molecule has 0 amide bonds. The third-order valence-corrected chi connectivity index (χ3v) is 6.34. The van der Waals surface area contributed by atoms with Crippen LogP contribution in [0.2, 0.25) is 0 Å². The zero-order chi connectivity index (χ0) is 18.8. The molecule has 3 rings (SSSR count). The van der Waals surface area contributed by atoms with Crippen molar-refractivity contribution in [3.63, 3.8) is 0 Å². The van der Waals surface area contributed by atoms with Crippen molar-refractivity contribution < 1.29 is 9.84 Å². The molecule has 0 aliphatic heterocycles. The summed E-state index contributed by atoms with van der Waals surface area (Å²) in [5.74, 6) is 1.17. The van der Waals surface area contributed by atoms with Crippen LogP contribution < -0.4 is 5.73 Å². The van der Waals surface area contributed by atoms with Gasteiger partial charge in [-0.2, -0.15) is 0 Å². The smallest absolute Gasteiger partial charge is 0.0611 e. The first-order valence-corrected chi connectivity index (χ1v) is 10.4. The summed E-state index contributed by atoms with van der Waals surface area (Å²) in [5.41, 5.74) is 10.7. The van der Waals surface area contributed by atoms with E-state index in [1.54, 1.807) is 0 Å². The van der Waals surface area contributed by atoms with Gasteiger partial charge in [-0.1, -0.05) is 39.0 Å². The standard InChI is InChI=1S/C23H37NO2/c1-22(2,3)10-11-26-15-17-4-5-19-13-20(7-6-18(19)12-17)21-8-9-23(24,14-21)16-25/h6-7,13,17,21,25H,4-5,8-12,14-16,24H2,1-3H3/t17-,21+,23-/m1/s1. The summed E-state index contributed by atoms with van der Waals surface area (Å²) in [6.07, 6.45) is 7.60. The number of aliphatic hydroxyl groups excluding tert-OH is 1. The molecule has 3 nitrogen and oxygen atoms in total. The summed E-state index contributed by atoms with van der Waals surface area (Å²) in [4.78, 5) is 0. The number of hydrogen-bond acceptors (Lipinski definition) is 3. The van der Waals surface area contributed by atoms with E-state index in [9.17, 15) is 5.11 Å². The predicted molar refractivity (Wildman–Crippen MR) is 107 cm³/mol. The predicted octanol–water partition coefficient (Wildman–Crippen LogP) is 4.20. The van der Waals surface area contributed by atoms with Crippen LogP contribution in [0.4, 0.5) is 0 Å². The first-order chi connectivity index (χ1) is 12.3. The maximum atomic E-state index is 9.51. The molecule has 2 aliphatic carbocycles. The topological polar surface area (TPSA) is 55.5 Å². The number of rotatable bonds is 6. The van der Waals surface area contributed by atoms with Crippen molar-refractivity contribution in [1.29, 1.82) is 0 Å². The van der Waals surface area contributed by atoms with Gasteiger partial charge in [0.25, 0.3) is 0 Å². The van der Waals surface area contributed by atoms with Gasteiger partial charge in [0.2, 0.25) is 0 Å². The fourth-order valence-electron chi connectivity index (χ4n) is 4.46. The average molecular weight is 360 g/mol. The number of ether oxygens (including phenoxy) is 1. The van der Waals surface area contributed by atoms with E-state index in [0.29, 0.717) is 17.3 Å². The molecular weight excluding hydrogens is 322 g/mol. The van der Waals surface area contributed by atoms with Crippen LogP contribution >= 0.6 is 0 Å². The van der Waals surface area contributed by atoms with E-state index in [0.717, 1.165) is 51.7 Å². The quantitative estimate of drug-likeness (QED) is 0.748. The van der Waals surface area contributed by atoms with Crippen molar-refractivity contribution in [3.8, 4) is 0 Å². The normalized spacial score (nSPS) is 29.0. The fraction of sp³-hybridized carbons (Fsp3) is 0.739. The molecule has 0 heterocycles. The Kier molecular flexibility index (Phi) is 6.11. The molecule has 3 heteroatoms. The largest absolute Gasteiger partial charge is 0.394 e. The molecule has 0 saturated heterocycles. The number of benzene rings is 1. The SMILES string of the molecule is CC(C)(C)CCOC[C@@H]1CCc2cc([C@H]3CC[C@](N)(CO)C3)ccc2C1. The molecule has 0 aromatic heterocycles. The Morgan fingerprint density at radius 3 is 2.73 bits per heavy atom. The molecule has 2 aliphatic rings. The molecule has 1 saturated carbocycles. The zero-order valence-electron chi connectivity index (χ0n) is 16.9. The Balaban J connectivity index is 1.53. The summed E-state index contributed by atoms with van der Waals surface area (Å²) >= 11 is 0. The van der Waals surface area contributed by atoms with Crippen LogP contribution in [-0.4, -0.2) is 30.5 Å². The molecule has 146 valence electrons. The number of aliphatic hydroxyl groups is 1. The van der Waals surface area contributed by atoms with E-state index in [2.05, 4.69) is 39.0 Å². The first-order valence-electron chi connectivity index (χ1n) is 10.4. The van der Waals surface area contributed by atoms with Crippen molar-refractivity contribution in [3.05, 3.63) is 34.9 Å². The van der Waals surface area contributed by atoms with Crippen LogP contribution in [0, 0.1) is 11.3 Å². The summed E-state index contributed by atoms with van der Waals surface area (Å²) in [7, 11) is 0. The Morgan fingerprint density at radius 2 is 2.04 bits per heavy atom. The second kappa shape index (κ2) is 8.00. The lowest BCUT2D eigenvalue weighted by molar-refractivity contribution is 0.0756.